The first-order chi connectivity index (χ1) is 8.98. The van der Waals surface area contributed by atoms with Gasteiger partial charge in [-0.25, -0.2) is 0 Å². The van der Waals surface area contributed by atoms with E-state index < -0.39 is 0 Å². The van der Waals surface area contributed by atoms with E-state index in [9.17, 15) is 0 Å². The minimum atomic E-state index is 0.345. The topological polar surface area (TPSA) is 21.3 Å². The molecule has 1 fully saturated rings. The molecule has 1 N–H and O–H groups in total. The van der Waals surface area contributed by atoms with Crippen molar-refractivity contribution in [1.29, 1.82) is 0 Å². The smallest absolute Gasteiger partial charge is 0.124 e. The molecule has 0 radical (unpaired) electrons. The van der Waals surface area contributed by atoms with Gasteiger partial charge in [-0.2, -0.15) is 0 Å². The Morgan fingerprint density at radius 1 is 1.16 bits per heavy atom. The summed E-state index contributed by atoms with van der Waals surface area (Å²) in [5, 5.41) is 3.40. The van der Waals surface area contributed by atoms with Gasteiger partial charge in [0.05, 0.1) is 6.61 Å². The van der Waals surface area contributed by atoms with Crippen LogP contribution in [0.1, 0.15) is 51.2 Å². The number of benzene rings is 1. The summed E-state index contributed by atoms with van der Waals surface area (Å²) in [5.74, 6) is 1.09. The van der Waals surface area contributed by atoms with E-state index in [1.54, 1.807) is 0 Å². The normalized spacial score (nSPS) is 28.4. The Labute approximate surface area is 116 Å². The molecule has 0 aromatic heterocycles. The zero-order valence-corrected chi connectivity index (χ0v) is 12.4. The Morgan fingerprint density at radius 3 is 2.74 bits per heavy atom. The maximum atomic E-state index is 6.19. The lowest BCUT2D eigenvalue weighted by atomic mass is 9.84. The van der Waals surface area contributed by atoms with E-state index in [2.05, 4.69) is 44.3 Å². The van der Waals surface area contributed by atoms with Crippen molar-refractivity contribution in [3.63, 3.8) is 0 Å². The third-order valence-corrected chi connectivity index (χ3v) is 4.73. The lowest BCUT2D eigenvalue weighted by Crippen LogP contribution is -2.23. The fourth-order valence-electron chi connectivity index (χ4n) is 3.78. The molecule has 1 aliphatic heterocycles. The monoisotopic (exact) mass is 259 g/mol. The van der Waals surface area contributed by atoms with Crippen molar-refractivity contribution in [2.45, 2.75) is 53.1 Å². The van der Waals surface area contributed by atoms with Crippen LogP contribution in [0.15, 0.2) is 18.2 Å². The summed E-state index contributed by atoms with van der Waals surface area (Å²) in [4.78, 5) is 0. The van der Waals surface area contributed by atoms with Gasteiger partial charge in [0.2, 0.25) is 0 Å². The molecule has 104 valence electrons. The Morgan fingerprint density at radius 2 is 2.00 bits per heavy atom. The molecule has 19 heavy (non-hydrogen) atoms. The van der Waals surface area contributed by atoms with E-state index in [0.29, 0.717) is 10.8 Å². The molecule has 0 bridgehead atoms. The van der Waals surface area contributed by atoms with Gasteiger partial charge in [-0.3, -0.25) is 0 Å². The van der Waals surface area contributed by atoms with E-state index in [-0.39, 0.29) is 0 Å². The highest BCUT2D eigenvalue weighted by Gasteiger charge is 2.40. The van der Waals surface area contributed by atoms with Gasteiger partial charge < -0.3 is 10.1 Å². The van der Waals surface area contributed by atoms with Crippen molar-refractivity contribution < 1.29 is 4.74 Å². The summed E-state index contributed by atoms with van der Waals surface area (Å²) in [6.45, 7) is 9.92. The summed E-state index contributed by atoms with van der Waals surface area (Å²) in [5.41, 5.74) is 3.59. The summed E-state index contributed by atoms with van der Waals surface area (Å²) < 4.78 is 6.19. The fraction of sp³-hybridized carbons (Fsp3) is 0.647. The highest BCUT2D eigenvalue weighted by atomic mass is 16.5. The second-order valence-electron chi connectivity index (χ2n) is 7.44. The van der Waals surface area contributed by atoms with Gasteiger partial charge in [0, 0.05) is 24.1 Å². The molecule has 0 spiro atoms. The highest BCUT2D eigenvalue weighted by Crippen LogP contribution is 2.49. The van der Waals surface area contributed by atoms with Crippen LogP contribution in [-0.2, 0) is 13.1 Å². The van der Waals surface area contributed by atoms with E-state index in [1.807, 2.05) is 0 Å². The average Bonchev–Trinajstić information content (AvgIpc) is 2.92. The number of hydrogen-bond donors (Lipinski definition) is 1. The predicted molar refractivity (Wildman–Crippen MR) is 78.2 cm³/mol. The molecule has 2 heteroatoms. The number of rotatable bonds is 3. The first-order valence-corrected chi connectivity index (χ1v) is 7.42. The third-order valence-electron chi connectivity index (χ3n) is 4.73. The quantitative estimate of drug-likeness (QED) is 0.889. The molecule has 1 saturated carbocycles. The Kier molecular flexibility index (Phi) is 3.09. The molecule has 2 aliphatic rings. The second kappa shape index (κ2) is 4.52. The third kappa shape index (κ3) is 2.64. The minimum absolute atomic E-state index is 0.345. The van der Waals surface area contributed by atoms with Crippen LogP contribution in [-0.4, -0.2) is 6.61 Å². The van der Waals surface area contributed by atoms with Crippen molar-refractivity contribution in [1.82, 2.24) is 5.32 Å². The summed E-state index contributed by atoms with van der Waals surface area (Å²) >= 11 is 0. The molecular weight excluding hydrogens is 234 g/mol. The average molecular weight is 259 g/mol. The molecule has 3 rings (SSSR count). The number of nitrogens with one attached hydrogen (secondary N) is 1. The second-order valence-corrected chi connectivity index (χ2v) is 7.44. The van der Waals surface area contributed by atoms with Crippen molar-refractivity contribution in [2.24, 2.45) is 10.8 Å². The van der Waals surface area contributed by atoms with Crippen LogP contribution in [0.5, 0.6) is 5.75 Å². The maximum Gasteiger partial charge on any atom is 0.124 e. The maximum absolute atomic E-state index is 6.19. The molecule has 1 heterocycles. The van der Waals surface area contributed by atoms with Gasteiger partial charge in [0.15, 0.2) is 0 Å². The van der Waals surface area contributed by atoms with Gasteiger partial charge in [-0.15, -0.1) is 0 Å². The zero-order chi connectivity index (χ0) is 13.5. The van der Waals surface area contributed by atoms with Gasteiger partial charge in [0.25, 0.3) is 0 Å². The molecule has 1 atom stereocenters. The molecule has 1 aromatic rings. The van der Waals surface area contributed by atoms with Crippen LogP contribution >= 0.6 is 0 Å². The predicted octanol–water partition coefficient (Wildman–Crippen LogP) is 3.89. The largest absolute Gasteiger partial charge is 0.493 e. The molecular formula is C17H25NO. The standard InChI is InChI=1S/C17H25NO/c1-16(2)7-8-17(3,11-16)12-19-15-6-4-5-13-9-18-10-14(13)15/h4-6,18H,7-12H2,1-3H3. The van der Waals surface area contributed by atoms with Crippen LogP contribution in [0.4, 0.5) is 0 Å². The van der Waals surface area contributed by atoms with E-state index in [4.69, 9.17) is 4.74 Å². The summed E-state index contributed by atoms with van der Waals surface area (Å²) in [7, 11) is 0. The molecule has 0 saturated heterocycles. The van der Waals surface area contributed by atoms with Crippen LogP contribution in [0.2, 0.25) is 0 Å². The van der Waals surface area contributed by atoms with Crippen molar-refractivity contribution in [3.05, 3.63) is 29.3 Å². The van der Waals surface area contributed by atoms with E-state index >= 15 is 0 Å². The van der Waals surface area contributed by atoms with Crippen LogP contribution in [0.3, 0.4) is 0 Å². The summed E-state index contributed by atoms with van der Waals surface area (Å²) in [6, 6.07) is 6.43. The van der Waals surface area contributed by atoms with Crippen molar-refractivity contribution in [3.8, 4) is 5.75 Å². The Balaban J connectivity index is 1.69. The van der Waals surface area contributed by atoms with Gasteiger partial charge in [-0.05, 0) is 36.3 Å². The van der Waals surface area contributed by atoms with Gasteiger partial charge in [0.1, 0.15) is 5.75 Å². The SMILES string of the molecule is CC1(C)CCC(C)(COc2cccc3c2CNC3)C1. The van der Waals surface area contributed by atoms with E-state index in [1.165, 1.54) is 30.4 Å². The molecule has 1 unspecified atom stereocenters. The van der Waals surface area contributed by atoms with Gasteiger partial charge in [-0.1, -0.05) is 32.9 Å². The Bertz CT molecular complexity index is 480. The first kappa shape index (κ1) is 13.0. The van der Waals surface area contributed by atoms with Crippen molar-refractivity contribution >= 4 is 0 Å². The lowest BCUT2D eigenvalue weighted by Gasteiger charge is -2.27. The Hall–Kier alpha value is -1.02. The first-order valence-electron chi connectivity index (χ1n) is 7.42. The number of hydrogen-bond acceptors (Lipinski definition) is 2. The molecule has 0 amide bonds. The molecule has 1 aliphatic carbocycles. The number of ether oxygens (including phenoxy) is 1. The number of fused-ring (bicyclic) bond motifs is 1. The zero-order valence-electron chi connectivity index (χ0n) is 12.4. The van der Waals surface area contributed by atoms with Crippen LogP contribution < -0.4 is 10.1 Å². The van der Waals surface area contributed by atoms with Crippen LogP contribution in [0.25, 0.3) is 0 Å². The van der Waals surface area contributed by atoms with Crippen molar-refractivity contribution in [2.75, 3.05) is 6.61 Å². The minimum Gasteiger partial charge on any atom is -0.493 e. The van der Waals surface area contributed by atoms with Gasteiger partial charge >= 0.3 is 0 Å². The molecule has 2 nitrogen and oxygen atoms in total. The fourth-order valence-corrected chi connectivity index (χ4v) is 3.78. The summed E-state index contributed by atoms with van der Waals surface area (Å²) in [6.07, 6.45) is 3.88. The highest BCUT2D eigenvalue weighted by molar-refractivity contribution is 5.42. The molecule has 1 aromatic carbocycles. The lowest BCUT2D eigenvalue weighted by molar-refractivity contribution is 0.153. The van der Waals surface area contributed by atoms with Crippen LogP contribution in [0, 0.1) is 10.8 Å². The van der Waals surface area contributed by atoms with E-state index in [0.717, 1.165) is 25.4 Å².